The first-order chi connectivity index (χ1) is 15.4. The molecule has 166 valence electrons. The molecule has 9 nitrogen and oxygen atoms in total. The molecule has 0 unspecified atom stereocenters. The molecule has 3 heterocycles. The number of benzene rings is 1. The molecule has 0 spiro atoms. The number of anilines is 1. The molecule has 1 aliphatic rings. The van der Waals surface area contributed by atoms with E-state index in [0.717, 1.165) is 6.54 Å². The molecule has 1 fully saturated rings. The first-order valence-electron chi connectivity index (χ1n) is 10.1. The van der Waals surface area contributed by atoms with Gasteiger partial charge in [-0.25, -0.2) is 4.98 Å². The second-order valence-electron chi connectivity index (χ2n) is 7.30. The van der Waals surface area contributed by atoms with Crippen LogP contribution in [0.1, 0.15) is 36.5 Å². The van der Waals surface area contributed by atoms with Crippen LogP contribution in [-0.2, 0) is 0 Å². The number of nitriles is 1. The summed E-state index contributed by atoms with van der Waals surface area (Å²) in [5.74, 6) is 0.428. The summed E-state index contributed by atoms with van der Waals surface area (Å²) in [6, 6.07) is 10.8. The van der Waals surface area contributed by atoms with Crippen LogP contribution in [0.2, 0.25) is 5.02 Å². The van der Waals surface area contributed by atoms with Crippen LogP contribution < -0.4 is 16.2 Å². The predicted octanol–water partition coefficient (Wildman–Crippen LogP) is 3.94. The number of carbonyl (C=O) groups excluding carboxylic acids is 1. The van der Waals surface area contributed by atoms with E-state index in [1.165, 1.54) is 25.5 Å². The number of H-pyrrole nitrogens is 1. The molecule has 1 amide bonds. The second-order valence-corrected chi connectivity index (χ2v) is 7.74. The van der Waals surface area contributed by atoms with Gasteiger partial charge in [0.25, 0.3) is 5.91 Å². The Kier molecular flexibility index (Phi) is 7.52. The number of piperidine rings is 1. The normalized spacial score (nSPS) is 15.3. The van der Waals surface area contributed by atoms with Crippen molar-refractivity contribution >= 4 is 23.3 Å². The number of hydrogen-bond donors (Lipinski definition) is 3. The molecule has 1 saturated heterocycles. The lowest BCUT2D eigenvalue weighted by atomic mass is 10.1. The van der Waals surface area contributed by atoms with E-state index in [4.69, 9.17) is 33.1 Å². The Morgan fingerprint density at radius 3 is 2.59 bits per heavy atom. The molecule has 0 saturated carbocycles. The van der Waals surface area contributed by atoms with Crippen molar-refractivity contribution in [3.8, 4) is 29.1 Å². The number of hydrogen-bond acceptors (Lipinski definition) is 7. The van der Waals surface area contributed by atoms with Crippen molar-refractivity contribution in [1.29, 1.82) is 5.26 Å². The van der Waals surface area contributed by atoms with Gasteiger partial charge in [0.1, 0.15) is 11.3 Å². The van der Waals surface area contributed by atoms with Crippen LogP contribution in [0.25, 0.3) is 11.3 Å². The number of nitrogens with zero attached hydrogens (tertiary/aromatic N) is 4. The van der Waals surface area contributed by atoms with Crippen LogP contribution in [0.4, 0.5) is 5.82 Å². The number of likely N-dealkylation sites (tertiary alicyclic amines) is 1. The maximum absolute atomic E-state index is 11.5. The molecule has 10 heteroatoms. The summed E-state index contributed by atoms with van der Waals surface area (Å²) in [4.78, 5) is 17.4. The number of pyridine rings is 1. The number of amides is 1. The highest BCUT2D eigenvalue weighted by molar-refractivity contribution is 6.30. The minimum Gasteiger partial charge on any atom is -0.439 e. The molecule has 2 aromatic heterocycles. The molecule has 1 atom stereocenters. The monoisotopic (exact) mass is 453 g/mol. The number of nitrogen functional groups attached to an aromatic ring is 1. The SMILES string of the molecule is C[C@@H]1CCCCN1C#N.NC(=O)c1c(N)n[nH]c1-c1ccc(Oc2ccc(Cl)cn2)cc1. The number of nitrogens with two attached hydrogens (primary N) is 2. The van der Waals surface area contributed by atoms with Gasteiger partial charge in [0.15, 0.2) is 12.0 Å². The molecular weight excluding hydrogens is 430 g/mol. The van der Waals surface area contributed by atoms with Crippen molar-refractivity contribution in [3.05, 3.63) is 53.2 Å². The van der Waals surface area contributed by atoms with Crippen molar-refractivity contribution < 1.29 is 9.53 Å². The van der Waals surface area contributed by atoms with Gasteiger partial charge in [-0.05, 0) is 56.5 Å². The maximum atomic E-state index is 11.5. The number of aromatic amines is 1. The van der Waals surface area contributed by atoms with Gasteiger partial charge in [0, 0.05) is 30.4 Å². The predicted molar refractivity (Wildman–Crippen MR) is 122 cm³/mol. The fraction of sp³-hybridized carbons (Fsp3) is 0.273. The second kappa shape index (κ2) is 10.5. The highest BCUT2D eigenvalue weighted by Crippen LogP contribution is 2.28. The number of nitrogens with one attached hydrogen (secondary N) is 1. The summed E-state index contributed by atoms with van der Waals surface area (Å²) in [6.07, 6.45) is 7.36. The lowest BCUT2D eigenvalue weighted by molar-refractivity contribution is 0.100. The zero-order valence-corrected chi connectivity index (χ0v) is 18.3. The first kappa shape index (κ1) is 22.9. The van der Waals surface area contributed by atoms with E-state index in [0.29, 0.717) is 34.0 Å². The Balaban J connectivity index is 0.000000269. The zero-order valence-electron chi connectivity index (χ0n) is 17.6. The molecule has 1 aromatic carbocycles. The Labute approximate surface area is 190 Å². The van der Waals surface area contributed by atoms with Crippen molar-refractivity contribution in [1.82, 2.24) is 20.1 Å². The minimum absolute atomic E-state index is 0.0678. The molecule has 0 aliphatic carbocycles. The fourth-order valence-electron chi connectivity index (χ4n) is 3.29. The molecule has 1 aliphatic heterocycles. The summed E-state index contributed by atoms with van der Waals surface area (Å²) in [7, 11) is 0. The van der Waals surface area contributed by atoms with Gasteiger partial charge >= 0.3 is 0 Å². The van der Waals surface area contributed by atoms with E-state index < -0.39 is 5.91 Å². The summed E-state index contributed by atoms with van der Waals surface area (Å²) in [5.41, 5.74) is 12.3. The smallest absolute Gasteiger partial charge is 0.254 e. The fourth-order valence-corrected chi connectivity index (χ4v) is 3.41. The lowest BCUT2D eigenvalue weighted by Gasteiger charge is -2.27. The third-order valence-electron chi connectivity index (χ3n) is 5.04. The number of rotatable bonds is 4. The van der Waals surface area contributed by atoms with Crippen molar-refractivity contribution in [2.24, 2.45) is 5.73 Å². The third-order valence-corrected chi connectivity index (χ3v) is 5.26. The Morgan fingerprint density at radius 1 is 1.28 bits per heavy atom. The van der Waals surface area contributed by atoms with Crippen LogP contribution in [0, 0.1) is 11.5 Å². The number of aromatic nitrogens is 3. The third kappa shape index (κ3) is 5.68. The van der Waals surface area contributed by atoms with Gasteiger partial charge in [-0.1, -0.05) is 11.6 Å². The Bertz CT molecular complexity index is 1090. The van der Waals surface area contributed by atoms with Gasteiger partial charge in [-0.3, -0.25) is 9.89 Å². The topological polar surface area (TPSA) is 147 Å². The largest absolute Gasteiger partial charge is 0.439 e. The van der Waals surface area contributed by atoms with Crippen molar-refractivity contribution in [3.63, 3.8) is 0 Å². The van der Waals surface area contributed by atoms with Crippen molar-refractivity contribution in [2.45, 2.75) is 32.2 Å². The molecule has 32 heavy (non-hydrogen) atoms. The molecular formula is C22H24ClN7O2. The molecule has 0 radical (unpaired) electrons. The summed E-state index contributed by atoms with van der Waals surface area (Å²) >= 11 is 5.77. The summed E-state index contributed by atoms with van der Waals surface area (Å²) in [5, 5.41) is 15.6. The highest BCUT2D eigenvalue weighted by atomic mass is 35.5. The highest BCUT2D eigenvalue weighted by Gasteiger charge is 2.17. The van der Waals surface area contributed by atoms with Crippen LogP contribution in [0.3, 0.4) is 0 Å². The average Bonchev–Trinajstić information content (AvgIpc) is 3.18. The van der Waals surface area contributed by atoms with Gasteiger partial charge in [-0.2, -0.15) is 10.4 Å². The average molecular weight is 454 g/mol. The van der Waals surface area contributed by atoms with E-state index in [1.54, 1.807) is 36.4 Å². The van der Waals surface area contributed by atoms with E-state index in [-0.39, 0.29) is 11.4 Å². The Hall–Kier alpha value is -3.77. The molecule has 5 N–H and O–H groups in total. The van der Waals surface area contributed by atoms with Gasteiger partial charge in [0.05, 0.1) is 10.7 Å². The number of ether oxygens (including phenoxy) is 1. The summed E-state index contributed by atoms with van der Waals surface area (Å²) in [6.45, 7) is 3.08. The Morgan fingerprint density at radius 2 is 2.03 bits per heavy atom. The lowest BCUT2D eigenvalue weighted by Crippen LogP contribution is -2.33. The first-order valence-corrected chi connectivity index (χ1v) is 10.5. The van der Waals surface area contributed by atoms with E-state index in [9.17, 15) is 4.79 Å². The summed E-state index contributed by atoms with van der Waals surface area (Å²) < 4.78 is 5.60. The number of primary amides is 1. The van der Waals surface area contributed by atoms with Gasteiger partial charge < -0.3 is 21.1 Å². The number of halogens is 1. The number of carbonyl (C=O) groups is 1. The van der Waals surface area contributed by atoms with Gasteiger partial charge in [-0.15, -0.1) is 0 Å². The minimum atomic E-state index is -0.642. The van der Waals surface area contributed by atoms with Crippen molar-refractivity contribution in [2.75, 3.05) is 12.3 Å². The van der Waals surface area contributed by atoms with Crippen LogP contribution >= 0.6 is 11.6 Å². The van der Waals surface area contributed by atoms with E-state index in [2.05, 4.69) is 28.3 Å². The van der Waals surface area contributed by atoms with Crippen LogP contribution in [0.15, 0.2) is 42.6 Å². The van der Waals surface area contributed by atoms with Gasteiger partial charge in [0.2, 0.25) is 5.88 Å². The standard InChI is InChI=1S/C15H12ClN5O2.C7H12N2/c16-9-3-6-11(19-7-9)23-10-4-1-8(2-5-10)13-12(15(18)22)14(17)21-20-13;1-7-4-2-3-5-9(7)6-8/h1-7H,(H2,18,22)(H3,17,20,21);7H,2-5H2,1H3/t;7-/m.1/s1. The zero-order chi connectivity index (χ0) is 23.1. The van der Waals surface area contributed by atoms with E-state index in [1.807, 2.05) is 4.90 Å². The molecule has 4 rings (SSSR count). The molecule has 0 bridgehead atoms. The van der Waals surface area contributed by atoms with Crippen LogP contribution in [-0.4, -0.2) is 38.6 Å². The van der Waals surface area contributed by atoms with Crippen LogP contribution in [0.5, 0.6) is 11.6 Å². The molecule has 3 aromatic rings. The maximum Gasteiger partial charge on any atom is 0.254 e. The quantitative estimate of drug-likeness (QED) is 0.506. The van der Waals surface area contributed by atoms with E-state index >= 15 is 0 Å².